The van der Waals surface area contributed by atoms with Gasteiger partial charge in [-0.1, -0.05) is 20.3 Å². The number of carboxylic acid groups (broad SMARTS) is 1. The van der Waals surface area contributed by atoms with Crippen LogP contribution in [0.4, 0.5) is 0 Å². The number of hydrogen-bond donors (Lipinski definition) is 2. The first kappa shape index (κ1) is 14.0. The number of carbonyl (C=O) groups is 2. The second-order valence-electron chi connectivity index (χ2n) is 4.90. The Labute approximate surface area is 102 Å². The summed E-state index contributed by atoms with van der Waals surface area (Å²) >= 11 is 0. The van der Waals surface area contributed by atoms with E-state index in [1.54, 1.807) is 11.8 Å². The molecule has 0 aromatic heterocycles. The molecule has 2 unspecified atom stereocenters. The average Bonchev–Trinajstić information content (AvgIpc) is 2.23. The number of carboxylic acids is 1. The number of amides is 1. The summed E-state index contributed by atoms with van der Waals surface area (Å²) in [7, 11) is 0. The Morgan fingerprint density at radius 3 is 2.47 bits per heavy atom. The van der Waals surface area contributed by atoms with Crippen molar-refractivity contribution in [2.45, 2.75) is 26.7 Å². The van der Waals surface area contributed by atoms with Crippen LogP contribution >= 0.6 is 0 Å². The van der Waals surface area contributed by atoms with Crippen LogP contribution in [0.25, 0.3) is 0 Å². The molecule has 0 saturated carbocycles. The third-order valence-electron chi connectivity index (χ3n) is 3.73. The van der Waals surface area contributed by atoms with E-state index < -0.39 is 5.97 Å². The lowest BCUT2D eigenvalue weighted by atomic mass is 9.86. The van der Waals surface area contributed by atoms with Crippen LogP contribution in [0.5, 0.6) is 0 Å². The lowest BCUT2D eigenvalue weighted by Crippen LogP contribution is -2.53. The van der Waals surface area contributed by atoms with Gasteiger partial charge in [0.2, 0.25) is 5.91 Å². The molecule has 5 heteroatoms. The van der Waals surface area contributed by atoms with Gasteiger partial charge in [-0.25, -0.2) is 0 Å². The van der Waals surface area contributed by atoms with E-state index in [1.165, 1.54) is 0 Å². The Bertz CT molecular complexity index is 283. The second kappa shape index (κ2) is 6.00. The molecule has 1 fully saturated rings. The van der Waals surface area contributed by atoms with E-state index in [1.807, 2.05) is 6.92 Å². The molecule has 2 atom stereocenters. The van der Waals surface area contributed by atoms with Crippen LogP contribution in [-0.2, 0) is 9.59 Å². The van der Waals surface area contributed by atoms with Crippen molar-refractivity contribution in [3.63, 3.8) is 0 Å². The number of rotatable bonds is 6. The van der Waals surface area contributed by atoms with Crippen LogP contribution in [0.1, 0.15) is 26.7 Å². The molecule has 1 heterocycles. The fourth-order valence-corrected chi connectivity index (χ4v) is 2.00. The molecule has 0 aromatic rings. The Kier molecular flexibility index (Phi) is 4.93. The minimum absolute atomic E-state index is 0.106. The van der Waals surface area contributed by atoms with Crippen LogP contribution in [0.3, 0.4) is 0 Å². The van der Waals surface area contributed by atoms with E-state index in [0.717, 1.165) is 6.42 Å². The molecular formula is C12H22N2O3. The van der Waals surface area contributed by atoms with Gasteiger partial charge >= 0.3 is 5.97 Å². The van der Waals surface area contributed by atoms with E-state index in [-0.39, 0.29) is 23.7 Å². The van der Waals surface area contributed by atoms with Crippen molar-refractivity contribution in [2.75, 3.05) is 19.6 Å². The molecule has 0 radical (unpaired) electrons. The highest BCUT2D eigenvalue weighted by atomic mass is 16.4. The van der Waals surface area contributed by atoms with Crippen LogP contribution < -0.4 is 5.73 Å². The monoisotopic (exact) mass is 242 g/mol. The van der Waals surface area contributed by atoms with Gasteiger partial charge in [-0.2, -0.15) is 0 Å². The lowest BCUT2D eigenvalue weighted by Gasteiger charge is -2.41. The molecule has 1 saturated heterocycles. The van der Waals surface area contributed by atoms with Crippen molar-refractivity contribution in [3.8, 4) is 0 Å². The first-order chi connectivity index (χ1) is 7.99. The average molecular weight is 242 g/mol. The van der Waals surface area contributed by atoms with Gasteiger partial charge in [0.25, 0.3) is 0 Å². The molecular weight excluding hydrogens is 220 g/mol. The summed E-state index contributed by atoms with van der Waals surface area (Å²) in [6.07, 6.45) is 1.40. The first-order valence-corrected chi connectivity index (χ1v) is 6.20. The number of aliphatic carboxylic acids is 1. The van der Waals surface area contributed by atoms with Crippen molar-refractivity contribution in [2.24, 2.45) is 23.5 Å². The molecule has 1 rings (SSSR count). The van der Waals surface area contributed by atoms with Crippen LogP contribution in [0.2, 0.25) is 0 Å². The zero-order valence-electron chi connectivity index (χ0n) is 10.6. The third-order valence-corrected chi connectivity index (χ3v) is 3.73. The molecule has 0 aliphatic carbocycles. The summed E-state index contributed by atoms with van der Waals surface area (Å²) < 4.78 is 0. The highest BCUT2D eigenvalue weighted by molar-refractivity contribution is 5.78. The maximum Gasteiger partial charge on any atom is 0.306 e. The Morgan fingerprint density at radius 2 is 2.06 bits per heavy atom. The van der Waals surface area contributed by atoms with Gasteiger partial charge in [0.15, 0.2) is 0 Å². The minimum Gasteiger partial charge on any atom is -0.481 e. The Morgan fingerprint density at radius 1 is 1.47 bits per heavy atom. The second-order valence-corrected chi connectivity index (χ2v) is 4.90. The number of nitrogens with zero attached hydrogens (tertiary/aromatic N) is 1. The maximum atomic E-state index is 11.8. The SMILES string of the molecule is CCC(CN)CC(=O)N1CC(C(C)C(=O)O)C1. The summed E-state index contributed by atoms with van der Waals surface area (Å²) in [5.74, 6) is -0.685. The largest absolute Gasteiger partial charge is 0.481 e. The fourth-order valence-electron chi connectivity index (χ4n) is 2.00. The van der Waals surface area contributed by atoms with Crippen molar-refractivity contribution < 1.29 is 14.7 Å². The molecule has 0 spiro atoms. The molecule has 5 nitrogen and oxygen atoms in total. The fraction of sp³-hybridized carbons (Fsp3) is 0.833. The standard InChI is InChI=1S/C12H22N2O3/c1-3-9(5-13)4-11(15)14-6-10(7-14)8(2)12(16)17/h8-10H,3-7,13H2,1-2H3,(H,16,17). The normalized spacial score (nSPS) is 19.6. The van der Waals surface area contributed by atoms with Crippen molar-refractivity contribution in [1.29, 1.82) is 0 Å². The Balaban J connectivity index is 2.32. The summed E-state index contributed by atoms with van der Waals surface area (Å²) in [4.78, 5) is 24.3. The van der Waals surface area contributed by atoms with Gasteiger partial charge in [-0.15, -0.1) is 0 Å². The highest BCUT2D eigenvalue weighted by Crippen LogP contribution is 2.25. The lowest BCUT2D eigenvalue weighted by molar-refractivity contribution is -0.150. The van der Waals surface area contributed by atoms with Gasteiger partial charge in [0.05, 0.1) is 5.92 Å². The predicted molar refractivity (Wildman–Crippen MR) is 64.3 cm³/mol. The van der Waals surface area contributed by atoms with Crippen LogP contribution in [0.15, 0.2) is 0 Å². The smallest absolute Gasteiger partial charge is 0.306 e. The molecule has 0 bridgehead atoms. The van der Waals surface area contributed by atoms with Crippen LogP contribution in [-0.4, -0.2) is 41.5 Å². The highest BCUT2D eigenvalue weighted by Gasteiger charge is 2.37. The van der Waals surface area contributed by atoms with E-state index >= 15 is 0 Å². The van der Waals surface area contributed by atoms with Gasteiger partial charge in [0, 0.05) is 25.4 Å². The molecule has 1 aliphatic heterocycles. The summed E-state index contributed by atoms with van der Waals surface area (Å²) in [6.45, 7) is 5.41. The summed E-state index contributed by atoms with van der Waals surface area (Å²) in [5, 5.41) is 8.84. The predicted octanol–water partition coefficient (Wildman–Crippen LogP) is 0.541. The molecule has 1 amide bonds. The zero-order valence-corrected chi connectivity index (χ0v) is 10.6. The van der Waals surface area contributed by atoms with Gasteiger partial charge < -0.3 is 15.7 Å². The molecule has 17 heavy (non-hydrogen) atoms. The van der Waals surface area contributed by atoms with Crippen molar-refractivity contribution in [1.82, 2.24) is 4.90 Å². The van der Waals surface area contributed by atoms with Crippen molar-refractivity contribution in [3.05, 3.63) is 0 Å². The summed E-state index contributed by atoms with van der Waals surface area (Å²) in [5.41, 5.74) is 5.56. The van der Waals surface area contributed by atoms with Crippen molar-refractivity contribution >= 4 is 11.9 Å². The van der Waals surface area contributed by atoms with Crippen LogP contribution in [0, 0.1) is 17.8 Å². The third kappa shape index (κ3) is 3.43. The number of likely N-dealkylation sites (tertiary alicyclic amines) is 1. The first-order valence-electron chi connectivity index (χ1n) is 6.20. The molecule has 98 valence electrons. The van der Waals surface area contributed by atoms with E-state index in [4.69, 9.17) is 10.8 Å². The maximum absolute atomic E-state index is 11.8. The molecule has 3 N–H and O–H groups in total. The number of hydrogen-bond acceptors (Lipinski definition) is 3. The number of nitrogens with two attached hydrogens (primary N) is 1. The van der Waals surface area contributed by atoms with Gasteiger partial charge in [-0.05, 0) is 12.5 Å². The number of carbonyl (C=O) groups excluding carboxylic acids is 1. The minimum atomic E-state index is -0.782. The quantitative estimate of drug-likeness (QED) is 0.712. The van der Waals surface area contributed by atoms with E-state index in [2.05, 4.69) is 0 Å². The Hall–Kier alpha value is -1.10. The topological polar surface area (TPSA) is 83.6 Å². The van der Waals surface area contributed by atoms with Gasteiger partial charge in [-0.3, -0.25) is 9.59 Å². The van der Waals surface area contributed by atoms with E-state index in [9.17, 15) is 9.59 Å². The van der Waals surface area contributed by atoms with E-state index in [0.29, 0.717) is 26.1 Å². The van der Waals surface area contributed by atoms with Gasteiger partial charge in [0.1, 0.15) is 0 Å². The summed E-state index contributed by atoms with van der Waals surface area (Å²) in [6, 6.07) is 0. The molecule has 1 aliphatic rings. The molecule has 0 aromatic carbocycles. The zero-order chi connectivity index (χ0) is 13.0.